The van der Waals surface area contributed by atoms with Crippen molar-refractivity contribution in [2.75, 3.05) is 20.2 Å². The van der Waals surface area contributed by atoms with Crippen LogP contribution in [0.3, 0.4) is 0 Å². The molecule has 0 bridgehead atoms. The van der Waals surface area contributed by atoms with Crippen molar-refractivity contribution in [1.82, 2.24) is 13.9 Å². The van der Waals surface area contributed by atoms with Crippen molar-refractivity contribution in [2.45, 2.75) is 56.9 Å². The Morgan fingerprint density at radius 1 is 1.18 bits per heavy atom. The van der Waals surface area contributed by atoms with Gasteiger partial charge < -0.3 is 4.74 Å². The Kier molecular flexibility index (Phi) is 5.98. The van der Waals surface area contributed by atoms with Gasteiger partial charge in [-0.15, -0.1) is 0 Å². The Labute approximate surface area is 200 Å². The molecule has 0 amide bonds. The molecule has 2 fully saturated rings. The van der Waals surface area contributed by atoms with E-state index >= 15 is 0 Å². The fourth-order valence-electron chi connectivity index (χ4n) is 5.00. The molecule has 5 rings (SSSR count). The van der Waals surface area contributed by atoms with Crippen LogP contribution in [0.4, 0.5) is 0 Å². The molecule has 0 radical (unpaired) electrons. The molecule has 1 aliphatic heterocycles. The minimum absolute atomic E-state index is 0.224. The first-order chi connectivity index (χ1) is 16.3. The molecule has 1 aromatic carbocycles. The topological polar surface area (TPSA) is 81.5 Å². The number of aryl methyl sites for hydroxylation is 1. The number of carbonyl (C=O) groups excluding carboxylic acids is 1. The summed E-state index contributed by atoms with van der Waals surface area (Å²) < 4.78 is 34.0. The highest BCUT2D eigenvalue weighted by atomic mass is 32.2. The van der Waals surface area contributed by atoms with E-state index in [1.807, 2.05) is 19.1 Å². The normalized spacial score (nSPS) is 19.4. The highest BCUT2D eigenvalue weighted by molar-refractivity contribution is 7.90. The average Bonchev–Trinajstić information content (AvgIpc) is 3.58. The van der Waals surface area contributed by atoms with E-state index in [2.05, 4.69) is 16.8 Å². The van der Waals surface area contributed by atoms with Gasteiger partial charge in [0.15, 0.2) is 0 Å². The molecule has 2 aliphatic rings. The number of likely N-dealkylation sites (tertiary alicyclic amines) is 1. The Hall–Kier alpha value is -2.71. The van der Waals surface area contributed by atoms with Gasteiger partial charge in [0, 0.05) is 24.8 Å². The van der Waals surface area contributed by atoms with Gasteiger partial charge in [0.25, 0.3) is 10.0 Å². The number of rotatable bonds is 6. The number of benzene rings is 1. The van der Waals surface area contributed by atoms with Gasteiger partial charge in [-0.05, 0) is 74.8 Å². The molecular formula is C26H31N3O4S. The number of hydrogen-bond acceptors (Lipinski definition) is 6. The maximum atomic E-state index is 13.8. The summed E-state index contributed by atoms with van der Waals surface area (Å²) in [5.74, 6) is 0.336. The van der Waals surface area contributed by atoms with Crippen molar-refractivity contribution in [3.63, 3.8) is 0 Å². The SMILES string of the molecule is COC(=O)c1cc(CN2CCC[C@H](C)C2)c2c(n1)c(C1CC1)cn2S(=O)(=O)c1ccc(C)cc1. The van der Waals surface area contributed by atoms with E-state index in [1.165, 1.54) is 17.5 Å². The van der Waals surface area contributed by atoms with Crippen LogP contribution in [0.2, 0.25) is 0 Å². The second-order valence-electron chi connectivity index (χ2n) is 9.81. The van der Waals surface area contributed by atoms with Crippen molar-refractivity contribution in [3.8, 4) is 0 Å². The first-order valence-electron chi connectivity index (χ1n) is 12.0. The summed E-state index contributed by atoms with van der Waals surface area (Å²) in [6.45, 7) is 6.62. The van der Waals surface area contributed by atoms with Gasteiger partial charge in [0.2, 0.25) is 0 Å². The zero-order valence-corrected chi connectivity index (χ0v) is 20.8. The Balaban J connectivity index is 1.72. The summed E-state index contributed by atoms with van der Waals surface area (Å²) in [5, 5.41) is 0. The van der Waals surface area contributed by atoms with Crippen LogP contribution in [0.25, 0.3) is 11.0 Å². The number of fused-ring (bicyclic) bond motifs is 1. The van der Waals surface area contributed by atoms with Crippen LogP contribution in [0.5, 0.6) is 0 Å². The van der Waals surface area contributed by atoms with Crippen LogP contribution in [-0.4, -0.2) is 48.4 Å². The average molecular weight is 482 g/mol. The largest absolute Gasteiger partial charge is 0.464 e. The zero-order valence-electron chi connectivity index (χ0n) is 20.0. The number of nitrogens with zero attached hydrogens (tertiary/aromatic N) is 3. The third-order valence-corrected chi connectivity index (χ3v) is 8.62. The molecule has 0 unspecified atom stereocenters. The quantitative estimate of drug-likeness (QED) is 0.483. The monoisotopic (exact) mass is 481 g/mol. The minimum Gasteiger partial charge on any atom is -0.464 e. The van der Waals surface area contributed by atoms with E-state index in [4.69, 9.17) is 4.74 Å². The van der Waals surface area contributed by atoms with Crippen molar-refractivity contribution < 1.29 is 17.9 Å². The second-order valence-corrected chi connectivity index (χ2v) is 11.6. The number of methoxy groups -OCH3 is 1. The highest BCUT2D eigenvalue weighted by Crippen LogP contribution is 2.45. The van der Waals surface area contributed by atoms with Crippen LogP contribution in [0, 0.1) is 12.8 Å². The third kappa shape index (κ3) is 4.25. The molecule has 8 heteroatoms. The number of piperidine rings is 1. The summed E-state index contributed by atoms with van der Waals surface area (Å²) >= 11 is 0. The number of esters is 1. The van der Waals surface area contributed by atoms with E-state index < -0.39 is 16.0 Å². The summed E-state index contributed by atoms with van der Waals surface area (Å²) in [6, 6.07) is 8.63. The molecule has 1 saturated heterocycles. The smallest absolute Gasteiger partial charge is 0.356 e. The van der Waals surface area contributed by atoms with Crippen LogP contribution < -0.4 is 0 Å². The maximum absolute atomic E-state index is 13.8. The van der Waals surface area contributed by atoms with Crippen LogP contribution in [0.15, 0.2) is 41.4 Å². The molecule has 0 spiro atoms. The van der Waals surface area contributed by atoms with E-state index in [0.29, 0.717) is 23.5 Å². The van der Waals surface area contributed by atoms with Gasteiger partial charge >= 0.3 is 5.97 Å². The summed E-state index contributed by atoms with van der Waals surface area (Å²) in [5.41, 5.74) is 4.09. The molecule has 7 nitrogen and oxygen atoms in total. The molecule has 180 valence electrons. The predicted octanol–water partition coefficient (Wildman–Crippen LogP) is 4.48. The third-order valence-electron chi connectivity index (χ3n) is 6.95. The van der Waals surface area contributed by atoms with Crippen molar-refractivity contribution in [1.29, 1.82) is 0 Å². The van der Waals surface area contributed by atoms with Gasteiger partial charge in [-0.25, -0.2) is 22.2 Å². The lowest BCUT2D eigenvalue weighted by molar-refractivity contribution is 0.0594. The molecule has 34 heavy (non-hydrogen) atoms. The molecule has 1 saturated carbocycles. The summed E-state index contributed by atoms with van der Waals surface area (Å²) in [4.78, 5) is 19.7. The molecule has 1 aliphatic carbocycles. The second kappa shape index (κ2) is 8.82. The van der Waals surface area contributed by atoms with Crippen LogP contribution >= 0.6 is 0 Å². The molecule has 0 N–H and O–H groups in total. The first-order valence-corrected chi connectivity index (χ1v) is 13.4. The fourth-order valence-corrected chi connectivity index (χ4v) is 6.40. The van der Waals surface area contributed by atoms with Crippen LogP contribution in [0.1, 0.15) is 65.7 Å². The van der Waals surface area contributed by atoms with Gasteiger partial charge in [-0.2, -0.15) is 0 Å². The Morgan fingerprint density at radius 2 is 1.91 bits per heavy atom. The van der Waals surface area contributed by atoms with Gasteiger partial charge in [-0.1, -0.05) is 24.6 Å². The molecule has 2 aromatic heterocycles. The first kappa shape index (κ1) is 23.1. The molecule has 1 atom stereocenters. The van der Waals surface area contributed by atoms with E-state index in [9.17, 15) is 13.2 Å². The minimum atomic E-state index is -3.84. The summed E-state index contributed by atoms with van der Waals surface area (Å²) in [6.07, 6.45) is 6.02. The van der Waals surface area contributed by atoms with Gasteiger partial charge in [-0.3, -0.25) is 4.90 Å². The van der Waals surface area contributed by atoms with Crippen LogP contribution in [-0.2, 0) is 21.3 Å². The number of carbonyl (C=O) groups is 1. The molecule has 3 heterocycles. The highest BCUT2D eigenvalue weighted by Gasteiger charge is 2.33. The van der Waals surface area contributed by atoms with Gasteiger partial charge in [0.1, 0.15) is 5.69 Å². The molecular weight excluding hydrogens is 450 g/mol. The van der Waals surface area contributed by atoms with E-state index in [-0.39, 0.29) is 16.5 Å². The maximum Gasteiger partial charge on any atom is 0.356 e. The lowest BCUT2D eigenvalue weighted by Crippen LogP contribution is -2.34. The Morgan fingerprint density at radius 3 is 2.56 bits per heavy atom. The van der Waals surface area contributed by atoms with Gasteiger partial charge in [0.05, 0.1) is 23.0 Å². The number of pyridine rings is 1. The lowest BCUT2D eigenvalue weighted by Gasteiger charge is -2.31. The fraction of sp³-hybridized carbons (Fsp3) is 0.462. The standard InChI is InChI=1S/C26H31N3O4S/c1-17-6-10-21(11-7-17)34(31,32)29-16-22(19-8-9-19)24-25(29)20(13-23(27-24)26(30)33-3)15-28-12-4-5-18(2)14-28/h6-7,10-11,13,16,18-19H,4-5,8-9,12,14-15H2,1-3H3/t18-/m0/s1. The zero-order chi connectivity index (χ0) is 24.0. The van der Waals surface area contributed by atoms with E-state index in [1.54, 1.807) is 24.4 Å². The number of ether oxygens (including phenoxy) is 1. The Bertz CT molecular complexity index is 1340. The predicted molar refractivity (Wildman–Crippen MR) is 130 cm³/mol. The van der Waals surface area contributed by atoms with Crippen molar-refractivity contribution >= 4 is 27.0 Å². The number of hydrogen-bond donors (Lipinski definition) is 0. The molecule has 3 aromatic rings. The lowest BCUT2D eigenvalue weighted by atomic mass is 9.99. The van der Waals surface area contributed by atoms with Crippen molar-refractivity contribution in [3.05, 3.63) is 58.9 Å². The van der Waals surface area contributed by atoms with E-state index in [0.717, 1.165) is 49.0 Å². The van der Waals surface area contributed by atoms with Crippen molar-refractivity contribution in [2.24, 2.45) is 5.92 Å². The summed E-state index contributed by atoms with van der Waals surface area (Å²) in [7, 11) is -2.50. The number of aromatic nitrogens is 2.